The Labute approximate surface area is 67.1 Å². The minimum atomic E-state index is 0.822. The molecule has 1 fully saturated rings. The summed E-state index contributed by atoms with van der Waals surface area (Å²) in [6.45, 7) is 5.21. The van der Waals surface area contributed by atoms with E-state index in [0.717, 1.165) is 39.0 Å². The summed E-state index contributed by atoms with van der Waals surface area (Å²) in [5, 5.41) is 3.27. The Morgan fingerprint density at radius 1 is 1.36 bits per heavy atom. The fourth-order valence-corrected chi connectivity index (χ4v) is 1.16. The summed E-state index contributed by atoms with van der Waals surface area (Å²) in [6, 6.07) is 0. The van der Waals surface area contributed by atoms with E-state index in [-0.39, 0.29) is 0 Å². The Hall–Kier alpha value is -0.670. The molecule has 0 aromatic carbocycles. The third kappa shape index (κ3) is 3.30. The van der Waals surface area contributed by atoms with Crippen LogP contribution in [0.3, 0.4) is 0 Å². The monoisotopic (exact) mass is 154 g/mol. The van der Waals surface area contributed by atoms with E-state index in [9.17, 15) is 4.79 Å². The standard InChI is InChI=1S/C8H14N2O/c11-8-2-1-5-10-6-3-9-4-7-10/h1-2,8-9H,3-7H2. The highest BCUT2D eigenvalue weighted by Crippen LogP contribution is 1.90. The highest BCUT2D eigenvalue weighted by Gasteiger charge is 2.05. The molecule has 3 nitrogen and oxygen atoms in total. The van der Waals surface area contributed by atoms with Crippen molar-refractivity contribution in [2.45, 2.75) is 0 Å². The van der Waals surface area contributed by atoms with Crippen LogP contribution in [0.5, 0.6) is 0 Å². The fraction of sp³-hybridized carbons (Fsp3) is 0.625. The van der Waals surface area contributed by atoms with Gasteiger partial charge in [0.15, 0.2) is 0 Å². The highest BCUT2D eigenvalue weighted by molar-refractivity contribution is 5.64. The molecule has 1 rings (SSSR count). The average molecular weight is 154 g/mol. The molecule has 1 aliphatic rings. The molecule has 0 aromatic heterocycles. The fourth-order valence-electron chi connectivity index (χ4n) is 1.16. The maximum Gasteiger partial charge on any atom is 0.142 e. The van der Waals surface area contributed by atoms with Crippen molar-refractivity contribution in [3.63, 3.8) is 0 Å². The molecule has 0 amide bonds. The van der Waals surface area contributed by atoms with Crippen molar-refractivity contribution >= 4 is 6.29 Å². The van der Waals surface area contributed by atoms with E-state index in [0.29, 0.717) is 0 Å². The molecule has 0 unspecified atom stereocenters. The van der Waals surface area contributed by atoms with Gasteiger partial charge in [-0.25, -0.2) is 0 Å². The maximum atomic E-state index is 9.93. The van der Waals surface area contributed by atoms with Crippen molar-refractivity contribution in [2.75, 3.05) is 32.7 Å². The third-order valence-electron chi connectivity index (χ3n) is 1.79. The smallest absolute Gasteiger partial charge is 0.142 e. The molecule has 1 N–H and O–H groups in total. The largest absolute Gasteiger partial charge is 0.314 e. The van der Waals surface area contributed by atoms with Crippen LogP contribution in [0.25, 0.3) is 0 Å². The lowest BCUT2D eigenvalue weighted by atomic mass is 10.3. The lowest BCUT2D eigenvalue weighted by Gasteiger charge is -2.25. The van der Waals surface area contributed by atoms with E-state index >= 15 is 0 Å². The second kappa shape index (κ2) is 5.04. The molecule has 0 aliphatic carbocycles. The molecule has 3 heteroatoms. The minimum Gasteiger partial charge on any atom is -0.314 e. The van der Waals surface area contributed by atoms with Gasteiger partial charge in [0.1, 0.15) is 6.29 Å². The summed E-state index contributed by atoms with van der Waals surface area (Å²) >= 11 is 0. The number of rotatable bonds is 3. The van der Waals surface area contributed by atoms with E-state index in [1.54, 1.807) is 6.08 Å². The van der Waals surface area contributed by atoms with Gasteiger partial charge in [-0.1, -0.05) is 6.08 Å². The number of hydrogen-bond donors (Lipinski definition) is 1. The van der Waals surface area contributed by atoms with Crippen LogP contribution in [-0.4, -0.2) is 43.9 Å². The number of carbonyl (C=O) groups excluding carboxylic acids is 1. The van der Waals surface area contributed by atoms with Crippen LogP contribution in [-0.2, 0) is 4.79 Å². The number of aldehydes is 1. The van der Waals surface area contributed by atoms with E-state index in [1.165, 1.54) is 0 Å². The average Bonchev–Trinajstić information content (AvgIpc) is 2.07. The minimum absolute atomic E-state index is 0.822. The number of carbonyl (C=O) groups is 1. The Morgan fingerprint density at radius 2 is 2.09 bits per heavy atom. The zero-order valence-corrected chi connectivity index (χ0v) is 6.62. The quantitative estimate of drug-likeness (QED) is 0.445. The Bertz CT molecular complexity index is 139. The van der Waals surface area contributed by atoms with Gasteiger partial charge in [0.25, 0.3) is 0 Å². The van der Waals surface area contributed by atoms with Gasteiger partial charge in [0.05, 0.1) is 0 Å². The van der Waals surface area contributed by atoms with Gasteiger partial charge in [-0.3, -0.25) is 9.69 Å². The number of allylic oxidation sites excluding steroid dienone is 1. The highest BCUT2D eigenvalue weighted by atomic mass is 16.1. The van der Waals surface area contributed by atoms with E-state index in [1.807, 2.05) is 6.08 Å². The topological polar surface area (TPSA) is 32.3 Å². The second-order valence-electron chi connectivity index (χ2n) is 2.61. The predicted octanol–water partition coefficient (Wildman–Crippen LogP) is -0.353. The van der Waals surface area contributed by atoms with Crippen LogP contribution in [0.1, 0.15) is 0 Å². The summed E-state index contributed by atoms with van der Waals surface area (Å²) in [4.78, 5) is 12.2. The van der Waals surface area contributed by atoms with Gasteiger partial charge in [-0.2, -0.15) is 0 Å². The first-order valence-electron chi connectivity index (χ1n) is 3.97. The summed E-state index contributed by atoms with van der Waals surface area (Å²) in [7, 11) is 0. The van der Waals surface area contributed by atoms with Crippen LogP contribution < -0.4 is 5.32 Å². The second-order valence-corrected chi connectivity index (χ2v) is 2.61. The Kier molecular flexibility index (Phi) is 3.86. The van der Waals surface area contributed by atoms with E-state index in [2.05, 4.69) is 10.2 Å². The molecule has 1 heterocycles. The Morgan fingerprint density at radius 3 is 2.73 bits per heavy atom. The molecule has 0 bridgehead atoms. The molecule has 0 aromatic rings. The van der Waals surface area contributed by atoms with E-state index < -0.39 is 0 Å². The molecule has 0 spiro atoms. The van der Waals surface area contributed by atoms with Gasteiger partial charge >= 0.3 is 0 Å². The van der Waals surface area contributed by atoms with Gasteiger partial charge in [-0.05, 0) is 6.08 Å². The predicted molar refractivity (Wildman–Crippen MR) is 44.5 cm³/mol. The lowest BCUT2D eigenvalue weighted by Crippen LogP contribution is -2.43. The maximum absolute atomic E-state index is 9.93. The number of nitrogens with one attached hydrogen (secondary N) is 1. The van der Waals surface area contributed by atoms with Crippen LogP contribution >= 0.6 is 0 Å². The molecular formula is C8H14N2O. The molecule has 0 radical (unpaired) electrons. The number of hydrogen-bond acceptors (Lipinski definition) is 3. The van der Waals surface area contributed by atoms with Crippen molar-refractivity contribution < 1.29 is 4.79 Å². The number of piperazine rings is 1. The van der Waals surface area contributed by atoms with Crippen molar-refractivity contribution in [1.29, 1.82) is 0 Å². The van der Waals surface area contributed by atoms with Crippen molar-refractivity contribution in [2.24, 2.45) is 0 Å². The first-order valence-corrected chi connectivity index (χ1v) is 3.97. The van der Waals surface area contributed by atoms with Crippen LogP contribution in [0.2, 0.25) is 0 Å². The molecule has 11 heavy (non-hydrogen) atoms. The van der Waals surface area contributed by atoms with Gasteiger partial charge in [0.2, 0.25) is 0 Å². The van der Waals surface area contributed by atoms with Gasteiger partial charge < -0.3 is 5.32 Å². The molecule has 0 saturated carbocycles. The van der Waals surface area contributed by atoms with Crippen LogP contribution in [0, 0.1) is 0 Å². The first-order chi connectivity index (χ1) is 5.43. The summed E-state index contributed by atoms with van der Waals surface area (Å²) in [6.07, 6.45) is 4.28. The zero-order valence-electron chi connectivity index (χ0n) is 6.62. The molecule has 62 valence electrons. The van der Waals surface area contributed by atoms with Gasteiger partial charge in [0, 0.05) is 32.7 Å². The molecular weight excluding hydrogens is 140 g/mol. The first kappa shape index (κ1) is 8.43. The van der Waals surface area contributed by atoms with Crippen molar-refractivity contribution in [1.82, 2.24) is 10.2 Å². The molecule has 0 atom stereocenters. The lowest BCUT2D eigenvalue weighted by molar-refractivity contribution is -0.104. The zero-order chi connectivity index (χ0) is 7.94. The summed E-state index contributed by atoms with van der Waals surface area (Å²) in [5.74, 6) is 0. The normalized spacial score (nSPS) is 20.7. The Balaban J connectivity index is 2.14. The number of nitrogens with zero attached hydrogens (tertiary/aromatic N) is 1. The summed E-state index contributed by atoms with van der Waals surface area (Å²) < 4.78 is 0. The van der Waals surface area contributed by atoms with Crippen LogP contribution in [0.15, 0.2) is 12.2 Å². The van der Waals surface area contributed by atoms with E-state index in [4.69, 9.17) is 0 Å². The summed E-state index contributed by atoms with van der Waals surface area (Å²) in [5.41, 5.74) is 0. The van der Waals surface area contributed by atoms with Crippen LogP contribution in [0.4, 0.5) is 0 Å². The van der Waals surface area contributed by atoms with Crippen molar-refractivity contribution in [3.05, 3.63) is 12.2 Å². The van der Waals surface area contributed by atoms with Crippen molar-refractivity contribution in [3.8, 4) is 0 Å². The molecule has 1 saturated heterocycles. The third-order valence-corrected chi connectivity index (χ3v) is 1.79. The van der Waals surface area contributed by atoms with Gasteiger partial charge in [-0.15, -0.1) is 0 Å². The SMILES string of the molecule is O=CC=CCN1CCNCC1. The molecule has 1 aliphatic heterocycles.